The fraction of sp³-hybridized carbons (Fsp3) is 0.760. The van der Waals surface area contributed by atoms with Crippen molar-refractivity contribution in [3.05, 3.63) is 29.8 Å². The predicted octanol–water partition coefficient (Wildman–Crippen LogP) is 5.55. The summed E-state index contributed by atoms with van der Waals surface area (Å²) in [5.74, 6) is 0. The van der Waals surface area contributed by atoms with Crippen LogP contribution in [0.15, 0.2) is 24.3 Å². The Kier molecular flexibility index (Phi) is 7.71. The highest BCUT2D eigenvalue weighted by molar-refractivity contribution is 6.16. The Morgan fingerprint density at radius 1 is 0.621 bits per heavy atom. The second kappa shape index (κ2) is 10.5. The summed E-state index contributed by atoms with van der Waals surface area (Å²) < 4.78 is 0. The number of hydrogen-bond acceptors (Lipinski definition) is 3. The first kappa shape index (κ1) is 21.4. The SMILES string of the molecule is [Si]C(NC1CCCCC1)(NC1CCCCC1)c1ccccc1NC1CCCCC1. The third-order valence-corrected chi connectivity index (χ3v) is 7.91. The van der Waals surface area contributed by atoms with Gasteiger partial charge >= 0.3 is 0 Å². The fourth-order valence-electron chi connectivity index (χ4n) is 5.71. The molecule has 159 valence electrons. The van der Waals surface area contributed by atoms with Gasteiger partial charge < -0.3 is 5.32 Å². The van der Waals surface area contributed by atoms with Crippen LogP contribution in [0.4, 0.5) is 5.69 Å². The maximum absolute atomic E-state index is 4.29. The molecule has 0 heterocycles. The molecule has 0 bridgehead atoms. The minimum Gasteiger partial charge on any atom is -0.382 e. The molecule has 0 unspecified atom stereocenters. The van der Waals surface area contributed by atoms with Crippen LogP contribution in [0, 0.1) is 0 Å². The molecule has 3 N–H and O–H groups in total. The van der Waals surface area contributed by atoms with Gasteiger partial charge in [-0.1, -0.05) is 76.0 Å². The lowest BCUT2D eigenvalue weighted by molar-refractivity contribution is 0.236. The van der Waals surface area contributed by atoms with Crippen LogP contribution in [0.1, 0.15) is 102 Å². The number of para-hydroxylation sites is 1. The van der Waals surface area contributed by atoms with Crippen LogP contribution in [-0.4, -0.2) is 28.4 Å². The third kappa shape index (κ3) is 5.86. The maximum Gasteiger partial charge on any atom is 0.0817 e. The number of benzene rings is 1. The van der Waals surface area contributed by atoms with Gasteiger partial charge in [-0.2, -0.15) is 0 Å². The van der Waals surface area contributed by atoms with Crippen LogP contribution in [0.2, 0.25) is 0 Å². The molecule has 0 spiro atoms. The van der Waals surface area contributed by atoms with E-state index >= 15 is 0 Å². The van der Waals surface area contributed by atoms with Crippen molar-refractivity contribution in [2.24, 2.45) is 0 Å². The summed E-state index contributed by atoms with van der Waals surface area (Å²) in [7, 11) is 4.29. The summed E-state index contributed by atoms with van der Waals surface area (Å²) in [6.45, 7) is 0. The van der Waals surface area contributed by atoms with E-state index in [1.807, 2.05) is 0 Å². The smallest absolute Gasteiger partial charge is 0.0817 e. The molecule has 3 aliphatic carbocycles. The van der Waals surface area contributed by atoms with Crippen molar-refractivity contribution in [1.82, 2.24) is 10.6 Å². The zero-order valence-electron chi connectivity index (χ0n) is 18.1. The molecule has 0 amide bonds. The van der Waals surface area contributed by atoms with Gasteiger partial charge in [0.25, 0.3) is 0 Å². The van der Waals surface area contributed by atoms with Gasteiger partial charge in [0.05, 0.1) is 15.5 Å². The molecular weight excluding hydrogens is 370 g/mol. The van der Waals surface area contributed by atoms with E-state index < -0.39 is 0 Å². The van der Waals surface area contributed by atoms with Crippen molar-refractivity contribution in [1.29, 1.82) is 0 Å². The standard InChI is InChI=1S/C25H40N3Si/c29-25(27-21-14-6-2-7-15-21,28-22-16-8-3-9-17-22)23-18-10-11-19-24(23)26-20-12-4-1-5-13-20/h10-11,18-22,26-28H,1-9,12-17H2. The van der Waals surface area contributed by atoms with Gasteiger partial charge in [0, 0.05) is 29.4 Å². The average Bonchev–Trinajstić information content (AvgIpc) is 2.76. The van der Waals surface area contributed by atoms with Crippen LogP contribution < -0.4 is 16.0 Å². The summed E-state index contributed by atoms with van der Waals surface area (Å²) in [5, 5.41) is 11.6. The van der Waals surface area contributed by atoms with Crippen molar-refractivity contribution in [2.45, 2.75) is 120 Å². The molecular formula is C25H40N3Si. The molecule has 4 rings (SSSR count). The first-order chi connectivity index (χ1) is 14.2. The number of rotatable bonds is 7. The van der Waals surface area contributed by atoms with Gasteiger partial charge in [0.15, 0.2) is 0 Å². The van der Waals surface area contributed by atoms with Crippen molar-refractivity contribution in [3.63, 3.8) is 0 Å². The van der Waals surface area contributed by atoms with E-state index in [-0.39, 0.29) is 5.29 Å². The molecule has 3 aliphatic rings. The van der Waals surface area contributed by atoms with E-state index in [0.717, 1.165) is 0 Å². The Bertz CT molecular complexity index is 596. The summed E-state index contributed by atoms with van der Waals surface area (Å²) in [4.78, 5) is 0. The van der Waals surface area contributed by atoms with E-state index in [2.05, 4.69) is 50.5 Å². The Labute approximate surface area is 181 Å². The maximum atomic E-state index is 4.29. The summed E-state index contributed by atoms with van der Waals surface area (Å²) in [5.41, 5.74) is 2.62. The van der Waals surface area contributed by atoms with Crippen LogP contribution in [0.25, 0.3) is 0 Å². The Balaban J connectivity index is 1.57. The topological polar surface area (TPSA) is 36.1 Å². The molecule has 1 aromatic rings. The molecule has 0 saturated heterocycles. The van der Waals surface area contributed by atoms with Crippen molar-refractivity contribution < 1.29 is 0 Å². The third-order valence-electron chi connectivity index (χ3n) is 7.35. The van der Waals surface area contributed by atoms with E-state index in [9.17, 15) is 0 Å². The second-order valence-electron chi connectivity index (χ2n) is 9.73. The van der Waals surface area contributed by atoms with Crippen molar-refractivity contribution >= 4 is 15.9 Å². The van der Waals surface area contributed by atoms with E-state index in [1.165, 1.54) is 108 Å². The Morgan fingerprint density at radius 3 is 1.59 bits per heavy atom. The highest BCUT2D eigenvalue weighted by atomic mass is 28.1. The zero-order valence-corrected chi connectivity index (χ0v) is 19.1. The highest BCUT2D eigenvalue weighted by Crippen LogP contribution is 2.32. The van der Waals surface area contributed by atoms with Gasteiger partial charge in [-0.3, -0.25) is 10.6 Å². The molecule has 4 heteroatoms. The lowest BCUT2D eigenvalue weighted by atomic mass is 9.92. The molecule has 3 saturated carbocycles. The molecule has 29 heavy (non-hydrogen) atoms. The van der Waals surface area contributed by atoms with Gasteiger partial charge in [0.2, 0.25) is 0 Å². The van der Waals surface area contributed by atoms with Crippen LogP contribution in [-0.2, 0) is 5.29 Å². The highest BCUT2D eigenvalue weighted by Gasteiger charge is 2.34. The summed E-state index contributed by atoms with van der Waals surface area (Å²) >= 11 is 0. The minimum absolute atomic E-state index is 0.359. The average molecular weight is 411 g/mol. The predicted molar refractivity (Wildman–Crippen MR) is 124 cm³/mol. The molecule has 0 atom stereocenters. The lowest BCUT2D eigenvalue weighted by Crippen LogP contribution is -2.61. The number of anilines is 1. The monoisotopic (exact) mass is 410 g/mol. The summed E-state index contributed by atoms with van der Waals surface area (Å²) in [6, 6.07) is 10.8. The lowest BCUT2D eigenvalue weighted by Gasteiger charge is -2.43. The molecule has 0 aliphatic heterocycles. The normalized spacial score (nSPS) is 23.2. The van der Waals surface area contributed by atoms with Crippen LogP contribution >= 0.6 is 0 Å². The Morgan fingerprint density at radius 2 is 1.07 bits per heavy atom. The first-order valence-corrected chi connectivity index (χ1v) is 12.9. The molecule has 0 aromatic heterocycles. The van der Waals surface area contributed by atoms with Gasteiger partial charge in [0.1, 0.15) is 0 Å². The van der Waals surface area contributed by atoms with Gasteiger partial charge in [-0.15, -0.1) is 0 Å². The number of hydrogen-bond donors (Lipinski definition) is 3. The molecule has 3 radical (unpaired) electrons. The van der Waals surface area contributed by atoms with Crippen LogP contribution in [0.3, 0.4) is 0 Å². The quantitative estimate of drug-likeness (QED) is 0.407. The number of nitrogens with one attached hydrogen (secondary N) is 3. The van der Waals surface area contributed by atoms with Gasteiger partial charge in [-0.05, 0) is 44.6 Å². The summed E-state index contributed by atoms with van der Waals surface area (Å²) in [6.07, 6.45) is 20.1. The van der Waals surface area contributed by atoms with Crippen molar-refractivity contribution in [2.75, 3.05) is 5.32 Å². The van der Waals surface area contributed by atoms with Crippen LogP contribution in [0.5, 0.6) is 0 Å². The molecule has 1 aromatic carbocycles. The largest absolute Gasteiger partial charge is 0.382 e. The van der Waals surface area contributed by atoms with E-state index in [4.69, 9.17) is 0 Å². The van der Waals surface area contributed by atoms with E-state index in [0.29, 0.717) is 18.1 Å². The second-order valence-corrected chi connectivity index (χ2v) is 10.5. The van der Waals surface area contributed by atoms with E-state index in [1.54, 1.807) is 0 Å². The zero-order chi connectivity index (χ0) is 19.9. The fourth-order valence-corrected chi connectivity index (χ4v) is 6.33. The minimum atomic E-state index is -0.359. The molecule has 3 fully saturated rings. The first-order valence-electron chi connectivity index (χ1n) is 12.4. The Hall–Kier alpha value is -0.843. The van der Waals surface area contributed by atoms with Crippen molar-refractivity contribution in [3.8, 4) is 0 Å². The van der Waals surface area contributed by atoms with Gasteiger partial charge in [-0.25, -0.2) is 0 Å². The molecule has 3 nitrogen and oxygen atoms in total.